The number of hydrogen-bond donors (Lipinski definition) is 2. The first-order chi connectivity index (χ1) is 11.3. The van der Waals surface area contributed by atoms with Crippen molar-refractivity contribution in [3.8, 4) is 5.82 Å². The molecule has 0 aliphatic heterocycles. The molecule has 0 fully saturated rings. The Labute approximate surface area is 140 Å². The maximum absolute atomic E-state index is 12.3. The molecule has 128 valence electrons. The first kappa shape index (κ1) is 17.5. The molecule has 2 aromatic rings. The van der Waals surface area contributed by atoms with Gasteiger partial charge in [-0.2, -0.15) is 5.10 Å². The average Bonchev–Trinajstić information content (AvgIpc) is 2.99. The highest BCUT2D eigenvalue weighted by molar-refractivity contribution is 5.97. The van der Waals surface area contributed by atoms with Gasteiger partial charge in [0.1, 0.15) is 11.6 Å². The monoisotopic (exact) mass is 331 g/mol. The second-order valence-corrected chi connectivity index (χ2v) is 6.18. The summed E-state index contributed by atoms with van der Waals surface area (Å²) in [5.74, 6) is 0.0996. The third-order valence-corrected chi connectivity index (χ3v) is 2.89. The largest absolute Gasteiger partial charge is 0.444 e. The Morgan fingerprint density at radius 2 is 2.00 bits per heavy atom. The van der Waals surface area contributed by atoms with Crippen molar-refractivity contribution < 1.29 is 14.3 Å². The average molecular weight is 331 g/mol. The van der Waals surface area contributed by atoms with Crippen molar-refractivity contribution in [1.82, 2.24) is 20.1 Å². The summed E-state index contributed by atoms with van der Waals surface area (Å²) in [7, 11) is 0. The smallest absolute Gasteiger partial charge is 0.408 e. The summed E-state index contributed by atoms with van der Waals surface area (Å²) in [6.45, 7) is 6.83. The Balaban J connectivity index is 2.04. The quantitative estimate of drug-likeness (QED) is 0.894. The van der Waals surface area contributed by atoms with Crippen LogP contribution in [-0.2, 0) is 9.53 Å². The van der Waals surface area contributed by atoms with Crippen LogP contribution in [0.15, 0.2) is 36.8 Å². The van der Waals surface area contributed by atoms with Crippen molar-refractivity contribution in [3.05, 3.63) is 36.8 Å². The van der Waals surface area contributed by atoms with Crippen LogP contribution in [0.2, 0.25) is 0 Å². The lowest BCUT2D eigenvalue weighted by Gasteiger charge is -2.21. The summed E-state index contributed by atoms with van der Waals surface area (Å²) < 4.78 is 6.68. The number of alkyl carbamates (subject to hydrolysis) is 1. The molecular weight excluding hydrogens is 310 g/mol. The first-order valence-electron chi connectivity index (χ1n) is 7.52. The number of carbonyl (C=O) groups is 2. The van der Waals surface area contributed by atoms with Gasteiger partial charge in [-0.3, -0.25) is 4.79 Å². The molecule has 0 unspecified atom stereocenters. The zero-order chi connectivity index (χ0) is 17.7. The summed E-state index contributed by atoms with van der Waals surface area (Å²) in [4.78, 5) is 28.3. The molecule has 2 amide bonds. The van der Waals surface area contributed by atoms with Crippen LogP contribution in [0, 0.1) is 0 Å². The topological polar surface area (TPSA) is 98.1 Å². The van der Waals surface area contributed by atoms with Crippen molar-refractivity contribution in [2.24, 2.45) is 0 Å². The van der Waals surface area contributed by atoms with Crippen LogP contribution in [0.4, 0.5) is 10.5 Å². The molecule has 24 heavy (non-hydrogen) atoms. The fourth-order valence-electron chi connectivity index (χ4n) is 1.86. The van der Waals surface area contributed by atoms with E-state index in [1.807, 2.05) is 0 Å². The fraction of sp³-hybridized carbons (Fsp3) is 0.375. The molecule has 8 nitrogen and oxygen atoms in total. The second kappa shape index (κ2) is 7.12. The minimum atomic E-state index is -0.773. The number of nitrogens with one attached hydrogen (secondary N) is 2. The van der Waals surface area contributed by atoms with Gasteiger partial charge in [-0.1, -0.05) is 0 Å². The van der Waals surface area contributed by atoms with E-state index in [1.54, 1.807) is 69.2 Å². The van der Waals surface area contributed by atoms with Gasteiger partial charge in [0.05, 0.1) is 5.69 Å². The number of pyridine rings is 1. The lowest BCUT2D eigenvalue weighted by molar-refractivity contribution is -0.117. The normalized spacial score (nSPS) is 12.3. The molecular formula is C16H21N5O3. The van der Waals surface area contributed by atoms with Gasteiger partial charge in [-0.15, -0.1) is 0 Å². The molecule has 8 heteroatoms. The van der Waals surface area contributed by atoms with Crippen LogP contribution in [0.5, 0.6) is 0 Å². The minimum Gasteiger partial charge on any atom is -0.444 e. The highest BCUT2D eigenvalue weighted by Crippen LogP contribution is 2.16. The molecule has 0 saturated carbocycles. The number of ether oxygens (including phenoxy) is 1. The van der Waals surface area contributed by atoms with E-state index >= 15 is 0 Å². The highest BCUT2D eigenvalue weighted by Gasteiger charge is 2.21. The number of hydrogen-bond acceptors (Lipinski definition) is 5. The van der Waals surface area contributed by atoms with E-state index in [-0.39, 0.29) is 5.91 Å². The van der Waals surface area contributed by atoms with Gasteiger partial charge in [-0.05, 0) is 45.9 Å². The maximum atomic E-state index is 12.3. The van der Waals surface area contributed by atoms with Gasteiger partial charge in [0.25, 0.3) is 0 Å². The highest BCUT2D eigenvalue weighted by atomic mass is 16.6. The Morgan fingerprint density at radius 1 is 1.25 bits per heavy atom. The van der Waals surface area contributed by atoms with Gasteiger partial charge in [0.2, 0.25) is 5.91 Å². The summed E-state index contributed by atoms with van der Waals surface area (Å²) in [6.07, 6.45) is 4.30. The molecule has 2 heterocycles. The third kappa shape index (κ3) is 4.80. The Bertz CT molecular complexity index is 707. The van der Waals surface area contributed by atoms with E-state index in [4.69, 9.17) is 4.74 Å². The van der Waals surface area contributed by atoms with E-state index in [1.165, 1.54) is 0 Å². The van der Waals surface area contributed by atoms with E-state index < -0.39 is 17.7 Å². The van der Waals surface area contributed by atoms with Crippen LogP contribution >= 0.6 is 0 Å². The SMILES string of the molecule is C[C@@H](NC(=O)OC(C)(C)C)C(=O)Nc1cccnc1-n1cccn1. The van der Waals surface area contributed by atoms with Crippen LogP contribution in [0.3, 0.4) is 0 Å². The van der Waals surface area contributed by atoms with Gasteiger partial charge >= 0.3 is 6.09 Å². The Kier molecular flexibility index (Phi) is 5.18. The zero-order valence-corrected chi connectivity index (χ0v) is 14.1. The molecule has 2 N–H and O–H groups in total. The van der Waals surface area contributed by atoms with Crippen LogP contribution < -0.4 is 10.6 Å². The van der Waals surface area contributed by atoms with Crippen molar-refractivity contribution in [2.45, 2.75) is 39.3 Å². The number of amides is 2. The van der Waals surface area contributed by atoms with Gasteiger partial charge in [0, 0.05) is 18.6 Å². The molecule has 0 radical (unpaired) electrons. The lowest BCUT2D eigenvalue weighted by Crippen LogP contribution is -2.44. The molecule has 0 bridgehead atoms. The number of carbonyl (C=O) groups excluding carboxylic acids is 2. The maximum Gasteiger partial charge on any atom is 0.408 e. The molecule has 0 aliphatic rings. The molecule has 0 saturated heterocycles. The Morgan fingerprint density at radius 3 is 2.62 bits per heavy atom. The van der Waals surface area contributed by atoms with Crippen molar-refractivity contribution in [1.29, 1.82) is 0 Å². The Hall–Kier alpha value is -2.90. The molecule has 0 spiro atoms. The molecule has 0 aliphatic carbocycles. The van der Waals surface area contributed by atoms with Gasteiger partial charge in [-0.25, -0.2) is 14.5 Å². The number of nitrogens with zero attached hydrogens (tertiary/aromatic N) is 3. The van der Waals surface area contributed by atoms with Gasteiger partial charge in [0.15, 0.2) is 5.82 Å². The predicted molar refractivity (Wildman–Crippen MR) is 88.8 cm³/mol. The summed E-state index contributed by atoms with van der Waals surface area (Å²) in [5, 5.41) is 9.33. The van der Waals surface area contributed by atoms with E-state index in [0.29, 0.717) is 11.5 Å². The van der Waals surface area contributed by atoms with Crippen molar-refractivity contribution >= 4 is 17.7 Å². The van der Waals surface area contributed by atoms with E-state index in [9.17, 15) is 9.59 Å². The first-order valence-corrected chi connectivity index (χ1v) is 7.52. The van der Waals surface area contributed by atoms with Crippen molar-refractivity contribution in [3.63, 3.8) is 0 Å². The molecule has 1 atom stereocenters. The standard InChI is InChI=1S/C16H21N5O3/c1-11(19-15(23)24-16(2,3)4)14(22)20-12-7-5-8-17-13(12)21-10-6-9-18-21/h5-11H,1-4H3,(H,19,23)(H,20,22)/t11-/m1/s1. The van der Waals surface area contributed by atoms with Crippen LogP contribution in [-0.4, -0.2) is 38.4 Å². The lowest BCUT2D eigenvalue weighted by atomic mass is 10.2. The van der Waals surface area contributed by atoms with Crippen LogP contribution in [0.1, 0.15) is 27.7 Å². The van der Waals surface area contributed by atoms with Crippen LogP contribution in [0.25, 0.3) is 5.82 Å². The van der Waals surface area contributed by atoms with E-state index in [0.717, 1.165) is 0 Å². The second-order valence-electron chi connectivity index (χ2n) is 6.18. The van der Waals surface area contributed by atoms with E-state index in [2.05, 4.69) is 20.7 Å². The van der Waals surface area contributed by atoms with Gasteiger partial charge < -0.3 is 15.4 Å². The molecule has 0 aromatic carbocycles. The van der Waals surface area contributed by atoms with Crippen molar-refractivity contribution in [2.75, 3.05) is 5.32 Å². The number of anilines is 1. The summed E-state index contributed by atoms with van der Waals surface area (Å²) in [5.41, 5.74) is -0.138. The third-order valence-electron chi connectivity index (χ3n) is 2.89. The fourth-order valence-corrected chi connectivity index (χ4v) is 1.86. The summed E-state index contributed by atoms with van der Waals surface area (Å²) in [6, 6.07) is 4.40. The summed E-state index contributed by atoms with van der Waals surface area (Å²) >= 11 is 0. The molecule has 2 aromatic heterocycles. The number of aromatic nitrogens is 3. The predicted octanol–water partition coefficient (Wildman–Crippen LogP) is 2.12. The number of rotatable bonds is 4. The zero-order valence-electron chi connectivity index (χ0n) is 14.1. The minimum absolute atomic E-state index is 0.387. The molecule has 2 rings (SSSR count).